The molecule has 2 heterocycles. The number of rotatable bonds is 1. The molecule has 1 aromatic heterocycles. The Morgan fingerprint density at radius 2 is 2.35 bits per heavy atom. The van der Waals surface area contributed by atoms with Crippen molar-refractivity contribution in [2.75, 3.05) is 13.7 Å². The molecule has 1 aromatic rings. The third-order valence-electron chi connectivity index (χ3n) is 3.02. The Kier molecular flexibility index (Phi) is 2.83. The minimum atomic E-state index is -0.0585. The molecule has 0 radical (unpaired) electrons. The van der Waals surface area contributed by atoms with Gasteiger partial charge in [0.25, 0.3) is 0 Å². The molecule has 0 saturated carbocycles. The molecular weight excluding hydrogens is 218 g/mol. The summed E-state index contributed by atoms with van der Waals surface area (Å²) < 4.78 is 5.69. The molecular formula is C12H15N3O2. The minimum absolute atomic E-state index is 0.0585. The van der Waals surface area contributed by atoms with Crippen molar-refractivity contribution < 1.29 is 4.74 Å². The zero-order chi connectivity index (χ0) is 12.5. The van der Waals surface area contributed by atoms with E-state index in [1.54, 1.807) is 6.20 Å². The van der Waals surface area contributed by atoms with Gasteiger partial charge in [0.2, 0.25) is 0 Å². The maximum atomic E-state index is 10.3. The lowest BCUT2D eigenvalue weighted by Gasteiger charge is -2.25. The fourth-order valence-corrected chi connectivity index (χ4v) is 1.72. The van der Waals surface area contributed by atoms with Crippen LogP contribution in [0.25, 0.3) is 12.1 Å². The Balaban J connectivity index is 2.69. The Labute approximate surface area is 99.4 Å². The summed E-state index contributed by atoms with van der Waals surface area (Å²) in [5, 5.41) is 4.10. The zero-order valence-electron chi connectivity index (χ0n) is 10.2. The van der Waals surface area contributed by atoms with Gasteiger partial charge in [0.1, 0.15) is 6.61 Å². The summed E-state index contributed by atoms with van der Waals surface area (Å²) in [5.41, 5.74) is -0.0585. The van der Waals surface area contributed by atoms with E-state index in [4.69, 9.17) is 4.74 Å². The largest absolute Gasteiger partial charge is 0.476 e. The average Bonchev–Trinajstić information content (AvgIpc) is 2.56. The van der Waals surface area contributed by atoms with E-state index in [-0.39, 0.29) is 5.54 Å². The normalized spacial score (nSPS) is 22.5. The molecule has 90 valence electrons. The van der Waals surface area contributed by atoms with Crippen LogP contribution in [0.15, 0.2) is 23.5 Å². The number of hydrogen-bond acceptors (Lipinski definition) is 5. The van der Waals surface area contributed by atoms with Crippen LogP contribution < -0.4 is 10.6 Å². The standard InChI is InChI=1S/C12H15N3O2/c1-12(2)8-17-11(15(12)3)9-5-4-6-13-10(9)7-14-16/h4-7H,8H2,1-3H3/b10-7+,11-9-. The summed E-state index contributed by atoms with van der Waals surface area (Å²) in [6, 6.07) is 3.68. The summed E-state index contributed by atoms with van der Waals surface area (Å²) >= 11 is 0. The quantitative estimate of drug-likeness (QED) is 0.658. The maximum Gasteiger partial charge on any atom is 0.199 e. The van der Waals surface area contributed by atoms with Gasteiger partial charge in [0.05, 0.1) is 22.3 Å². The monoisotopic (exact) mass is 233 g/mol. The number of nitrogens with zero attached hydrogens (tertiary/aromatic N) is 3. The molecule has 0 aliphatic carbocycles. The molecule has 0 spiro atoms. The topological polar surface area (TPSA) is 54.8 Å². The molecule has 1 aliphatic heterocycles. The molecule has 0 N–H and O–H groups in total. The molecule has 1 saturated heterocycles. The highest BCUT2D eigenvalue weighted by molar-refractivity contribution is 5.40. The number of nitroso groups, excluding NO2 is 1. The van der Waals surface area contributed by atoms with E-state index in [0.29, 0.717) is 12.0 Å². The first-order chi connectivity index (χ1) is 8.06. The van der Waals surface area contributed by atoms with Gasteiger partial charge in [0.15, 0.2) is 5.88 Å². The van der Waals surface area contributed by atoms with Crippen molar-refractivity contribution in [1.82, 2.24) is 9.88 Å². The van der Waals surface area contributed by atoms with E-state index in [9.17, 15) is 4.91 Å². The molecule has 1 aliphatic rings. The number of aromatic nitrogens is 1. The summed E-state index contributed by atoms with van der Waals surface area (Å²) in [6.07, 6.45) is 2.83. The fraction of sp³-hybridized carbons (Fsp3) is 0.417. The second-order valence-corrected chi connectivity index (χ2v) is 4.64. The van der Waals surface area contributed by atoms with Crippen molar-refractivity contribution in [1.29, 1.82) is 0 Å². The van der Waals surface area contributed by atoms with Crippen molar-refractivity contribution in [3.63, 3.8) is 0 Å². The summed E-state index contributed by atoms with van der Waals surface area (Å²) in [7, 11) is 1.97. The highest BCUT2D eigenvalue weighted by atomic mass is 16.5. The molecule has 17 heavy (non-hydrogen) atoms. The molecule has 5 heteroatoms. The van der Waals surface area contributed by atoms with Gasteiger partial charge in [-0.05, 0) is 31.2 Å². The van der Waals surface area contributed by atoms with E-state index in [1.165, 1.54) is 6.20 Å². The van der Waals surface area contributed by atoms with Crippen LogP contribution in [0.5, 0.6) is 0 Å². The lowest BCUT2D eigenvalue weighted by atomic mass is 10.1. The van der Waals surface area contributed by atoms with Crippen LogP contribution in [0.3, 0.4) is 0 Å². The first kappa shape index (κ1) is 11.6. The lowest BCUT2D eigenvalue weighted by Crippen LogP contribution is -2.39. The molecule has 1 fully saturated rings. The zero-order valence-corrected chi connectivity index (χ0v) is 10.2. The van der Waals surface area contributed by atoms with Crippen LogP contribution >= 0.6 is 0 Å². The van der Waals surface area contributed by atoms with E-state index in [1.807, 2.05) is 24.1 Å². The van der Waals surface area contributed by atoms with Gasteiger partial charge in [-0.3, -0.25) is 4.98 Å². The SMILES string of the molecule is CN1/C(=c2\cccn\c2=C\N=O)OCC1(C)C. The third kappa shape index (κ3) is 2.00. The van der Waals surface area contributed by atoms with Crippen LogP contribution in [0, 0.1) is 4.91 Å². The molecule has 0 bridgehead atoms. The van der Waals surface area contributed by atoms with Crippen LogP contribution in [-0.4, -0.2) is 29.1 Å². The van der Waals surface area contributed by atoms with Gasteiger partial charge < -0.3 is 9.64 Å². The van der Waals surface area contributed by atoms with Crippen molar-refractivity contribution in [2.24, 2.45) is 5.18 Å². The van der Waals surface area contributed by atoms with Gasteiger partial charge >= 0.3 is 0 Å². The Morgan fingerprint density at radius 1 is 1.59 bits per heavy atom. The Bertz CT molecular complexity index is 551. The second-order valence-electron chi connectivity index (χ2n) is 4.64. The van der Waals surface area contributed by atoms with Gasteiger partial charge in [-0.25, -0.2) is 0 Å². The average molecular weight is 233 g/mol. The molecule has 0 amide bonds. The number of hydrogen-bond donors (Lipinski definition) is 0. The van der Waals surface area contributed by atoms with Gasteiger partial charge in [-0.15, -0.1) is 4.91 Å². The Morgan fingerprint density at radius 3 is 2.94 bits per heavy atom. The van der Waals surface area contributed by atoms with Crippen molar-refractivity contribution in [3.05, 3.63) is 33.8 Å². The minimum Gasteiger partial charge on any atom is -0.476 e. The number of likely N-dealkylation sites (N-methyl/N-ethyl adjacent to an activating group) is 1. The van der Waals surface area contributed by atoms with Gasteiger partial charge in [-0.2, -0.15) is 0 Å². The van der Waals surface area contributed by atoms with Crippen LogP contribution in [-0.2, 0) is 4.74 Å². The number of pyridine rings is 1. The predicted molar refractivity (Wildman–Crippen MR) is 64.9 cm³/mol. The van der Waals surface area contributed by atoms with Crippen molar-refractivity contribution >= 4 is 12.1 Å². The molecule has 5 nitrogen and oxygen atoms in total. The van der Waals surface area contributed by atoms with E-state index in [0.717, 1.165) is 11.1 Å². The van der Waals surface area contributed by atoms with E-state index in [2.05, 4.69) is 24.0 Å². The van der Waals surface area contributed by atoms with Crippen LogP contribution in [0.4, 0.5) is 0 Å². The molecule has 0 atom stereocenters. The summed E-state index contributed by atoms with van der Waals surface area (Å²) in [4.78, 5) is 16.5. The number of ether oxygens (including phenoxy) is 1. The molecule has 2 rings (SSSR count). The smallest absolute Gasteiger partial charge is 0.199 e. The van der Waals surface area contributed by atoms with Gasteiger partial charge in [-0.1, -0.05) is 0 Å². The Hall–Kier alpha value is -1.91. The fourth-order valence-electron chi connectivity index (χ4n) is 1.72. The highest BCUT2D eigenvalue weighted by Gasteiger charge is 2.34. The third-order valence-corrected chi connectivity index (χ3v) is 3.02. The molecule has 0 aromatic carbocycles. The molecule has 0 unspecified atom stereocenters. The first-order valence-electron chi connectivity index (χ1n) is 5.41. The van der Waals surface area contributed by atoms with E-state index >= 15 is 0 Å². The van der Waals surface area contributed by atoms with Gasteiger partial charge in [0, 0.05) is 13.2 Å². The summed E-state index contributed by atoms with van der Waals surface area (Å²) in [5.74, 6) is 0.734. The van der Waals surface area contributed by atoms with Crippen LogP contribution in [0.2, 0.25) is 0 Å². The second kappa shape index (κ2) is 4.16. The van der Waals surface area contributed by atoms with E-state index < -0.39 is 0 Å². The first-order valence-corrected chi connectivity index (χ1v) is 5.41. The van der Waals surface area contributed by atoms with Crippen LogP contribution in [0.1, 0.15) is 13.8 Å². The lowest BCUT2D eigenvalue weighted by molar-refractivity contribution is 0.246. The predicted octanol–water partition coefficient (Wildman–Crippen LogP) is 0.392. The maximum absolute atomic E-state index is 10.3. The summed E-state index contributed by atoms with van der Waals surface area (Å²) in [6.45, 7) is 4.80. The highest BCUT2D eigenvalue weighted by Crippen LogP contribution is 2.26. The van der Waals surface area contributed by atoms with Crippen molar-refractivity contribution in [3.8, 4) is 0 Å². The van der Waals surface area contributed by atoms with Crippen molar-refractivity contribution in [2.45, 2.75) is 19.4 Å².